The number of likely N-dealkylation sites (N-methyl/N-ethyl adjacent to an activating group) is 1. The normalized spacial score (nSPS) is 12.8. The number of benzene rings is 2. The summed E-state index contributed by atoms with van der Waals surface area (Å²) in [6, 6.07) is 12.2. The second kappa shape index (κ2) is 16.5. The highest BCUT2D eigenvalue weighted by Crippen LogP contribution is 2.12. The molecule has 13 nitrogen and oxygen atoms in total. The van der Waals surface area contributed by atoms with Crippen LogP contribution in [0.5, 0.6) is 5.75 Å². The fourth-order valence-corrected chi connectivity index (χ4v) is 3.99. The van der Waals surface area contributed by atoms with Gasteiger partial charge < -0.3 is 42.9 Å². The standard InChI is InChI=1S/C28H39N7O6/c1-35(15-13-24(37)38)27(41)23(17-18-6-3-2-4-7-18)34-26(40)22(8-5-14-32-28(30)31)33-25(39)21(29)16-19-9-11-20(36)12-10-19/h2-4,6-7,9-12,21-23,36H,5,8,13-17,29H2,1H3,(H,33,39)(H,34,40)(H,37,38)(H4,30,31,32)/t21-,22+,23-/m0/s1. The van der Waals surface area contributed by atoms with Crippen molar-refractivity contribution in [1.82, 2.24) is 15.5 Å². The molecule has 3 atom stereocenters. The Morgan fingerprint density at radius 3 is 2.12 bits per heavy atom. The van der Waals surface area contributed by atoms with Gasteiger partial charge in [-0.15, -0.1) is 0 Å². The number of aliphatic carboxylic acids is 1. The molecule has 0 aromatic heterocycles. The van der Waals surface area contributed by atoms with Crippen molar-refractivity contribution < 1.29 is 29.4 Å². The molecule has 0 radical (unpaired) electrons. The molecule has 0 saturated heterocycles. The van der Waals surface area contributed by atoms with Gasteiger partial charge in [-0.3, -0.25) is 24.2 Å². The van der Waals surface area contributed by atoms with Crippen LogP contribution in [0.15, 0.2) is 59.6 Å². The Balaban J connectivity index is 2.20. The smallest absolute Gasteiger partial charge is 0.305 e. The molecule has 0 unspecified atom stereocenters. The highest BCUT2D eigenvalue weighted by atomic mass is 16.4. The summed E-state index contributed by atoms with van der Waals surface area (Å²) in [5, 5.41) is 23.9. The summed E-state index contributed by atoms with van der Waals surface area (Å²) in [4.78, 5) is 55.9. The van der Waals surface area contributed by atoms with Crippen LogP contribution in [-0.4, -0.2) is 83.0 Å². The quantitative estimate of drug-likeness (QED) is 0.0781. The number of phenols is 1. The number of guanidine groups is 1. The number of hydrogen-bond acceptors (Lipinski definition) is 7. The second-order valence-electron chi connectivity index (χ2n) is 9.64. The molecule has 41 heavy (non-hydrogen) atoms. The monoisotopic (exact) mass is 569 g/mol. The SMILES string of the molecule is CN(CCC(=O)O)C(=O)[C@H](Cc1ccccc1)NC(=O)[C@@H](CCCN=C(N)N)NC(=O)[C@@H](N)Cc1ccc(O)cc1. The van der Waals surface area contributed by atoms with Crippen molar-refractivity contribution in [2.24, 2.45) is 22.2 Å². The van der Waals surface area contributed by atoms with Crippen LogP contribution in [0.25, 0.3) is 0 Å². The van der Waals surface area contributed by atoms with E-state index in [9.17, 15) is 24.3 Å². The van der Waals surface area contributed by atoms with Gasteiger partial charge in [-0.1, -0.05) is 42.5 Å². The Kier molecular flexibility index (Phi) is 13.1. The summed E-state index contributed by atoms with van der Waals surface area (Å²) < 4.78 is 0. The molecule has 0 saturated carbocycles. The third-order valence-electron chi connectivity index (χ3n) is 6.24. The van der Waals surface area contributed by atoms with Gasteiger partial charge >= 0.3 is 5.97 Å². The Bertz CT molecular complexity index is 1190. The van der Waals surface area contributed by atoms with Crippen molar-refractivity contribution in [2.45, 2.75) is 50.2 Å². The average molecular weight is 570 g/mol. The lowest BCUT2D eigenvalue weighted by Gasteiger charge is -2.27. The molecule has 0 bridgehead atoms. The van der Waals surface area contributed by atoms with Crippen LogP contribution in [0.2, 0.25) is 0 Å². The first-order chi connectivity index (χ1) is 19.5. The molecule has 0 aliphatic rings. The van der Waals surface area contributed by atoms with Gasteiger partial charge in [0, 0.05) is 26.6 Å². The van der Waals surface area contributed by atoms with Crippen LogP contribution in [-0.2, 0) is 32.0 Å². The zero-order valence-corrected chi connectivity index (χ0v) is 23.0. The lowest BCUT2D eigenvalue weighted by Crippen LogP contribution is -2.56. The summed E-state index contributed by atoms with van der Waals surface area (Å²) in [6.07, 6.45) is 0.563. The maximum atomic E-state index is 13.5. The number of phenolic OH excluding ortho intramolecular Hbond substituents is 1. The maximum Gasteiger partial charge on any atom is 0.305 e. The molecule has 2 aromatic carbocycles. The molecule has 0 heterocycles. The van der Waals surface area contributed by atoms with Gasteiger partial charge in [-0.2, -0.15) is 0 Å². The second-order valence-corrected chi connectivity index (χ2v) is 9.64. The van der Waals surface area contributed by atoms with Crippen LogP contribution < -0.4 is 27.8 Å². The number of amides is 3. The number of nitrogens with one attached hydrogen (secondary N) is 2. The predicted octanol–water partition coefficient (Wildman–Crippen LogP) is -0.539. The van der Waals surface area contributed by atoms with Crippen molar-refractivity contribution in [3.63, 3.8) is 0 Å². The molecular formula is C28H39N7O6. The Hall–Kier alpha value is -4.65. The van der Waals surface area contributed by atoms with Gasteiger partial charge in [-0.25, -0.2) is 0 Å². The van der Waals surface area contributed by atoms with Crippen molar-refractivity contribution in [3.05, 3.63) is 65.7 Å². The van der Waals surface area contributed by atoms with E-state index >= 15 is 0 Å². The van der Waals surface area contributed by atoms with Gasteiger partial charge in [0.15, 0.2) is 5.96 Å². The fraction of sp³-hybridized carbons (Fsp3) is 0.393. The molecule has 13 heteroatoms. The average Bonchev–Trinajstić information content (AvgIpc) is 2.93. The minimum Gasteiger partial charge on any atom is -0.508 e. The van der Waals surface area contributed by atoms with E-state index in [0.717, 1.165) is 11.1 Å². The summed E-state index contributed by atoms with van der Waals surface area (Å²) in [7, 11) is 1.46. The highest BCUT2D eigenvalue weighted by molar-refractivity contribution is 5.93. The number of carbonyl (C=O) groups is 4. The van der Waals surface area contributed by atoms with Gasteiger partial charge in [0.05, 0.1) is 12.5 Å². The van der Waals surface area contributed by atoms with E-state index in [-0.39, 0.29) is 50.5 Å². The van der Waals surface area contributed by atoms with Gasteiger partial charge in [0.2, 0.25) is 17.7 Å². The van der Waals surface area contributed by atoms with Gasteiger partial charge in [-0.05, 0) is 42.5 Å². The number of carboxylic acid groups (broad SMARTS) is 1. The number of rotatable bonds is 16. The number of aliphatic imine (C=N–C) groups is 1. The van der Waals surface area contributed by atoms with Crippen molar-refractivity contribution in [1.29, 1.82) is 0 Å². The third-order valence-corrected chi connectivity index (χ3v) is 6.24. The lowest BCUT2D eigenvalue weighted by atomic mass is 10.0. The summed E-state index contributed by atoms with van der Waals surface area (Å²) in [5.41, 5.74) is 18.4. The number of carbonyl (C=O) groups excluding carboxylic acids is 3. The topological polar surface area (TPSA) is 226 Å². The number of nitrogens with zero attached hydrogens (tertiary/aromatic N) is 2. The molecular weight excluding hydrogens is 530 g/mol. The Labute approximate surface area is 238 Å². The number of hydrogen-bond donors (Lipinski definition) is 7. The molecule has 0 spiro atoms. The van der Waals surface area contributed by atoms with Crippen molar-refractivity contribution >= 4 is 29.7 Å². The first kappa shape index (κ1) is 32.6. The minimum atomic E-state index is -1.06. The van der Waals surface area contributed by atoms with Crippen LogP contribution >= 0.6 is 0 Å². The molecule has 0 aliphatic carbocycles. The van der Waals surface area contributed by atoms with E-state index in [2.05, 4.69) is 15.6 Å². The first-order valence-electron chi connectivity index (χ1n) is 13.2. The maximum absolute atomic E-state index is 13.5. The molecule has 2 aromatic rings. The Morgan fingerprint density at radius 1 is 0.902 bits per heavy atom. The first-order valence-corrected chi connectivity index (χ1v) is 13.2. The lowest BCUT2D eigenvalue weighted by molar-refractivity contribution is -0.139. The van der Waals surface area contributed by atoms with E-state index < -0.39 is 41.8 Å². The van der Waals surface area contributed by atoms with Crippen LogP contribution in [0, 0.1) is 0 Å². The number of nitrogens with two attached hydrogens (primary N) is 3. The fourth-order valence-electron chi connectivity index (χ4n) is 3.99. The molecule has 0 fully saturated rings. The Morgan fingerprint density at radius 2 is 1.51 bits per heavy atom. The van der Waals surface area contributed by atoms with Crippen LogP contribution in [0.3, 0.4) is 0 Å². The van der Waals surface area contributed by atoms with Crippen molar-refractivity contribution in [2.75, 3.05) is 20.1 Å². The molecule has 222 valence electrons. The predicted molar refractivity (Wildman–Crippen MR) is 154 cm³/mol. The highest BCUT2D eigenvalue weighted by Gasteiger charge is 2.29. The molecule has 10 N–H and O–H groups in total. The largest absolute Gasteiger partial charge is 0.508 e. The molecule has 3 amide bonds. The van der Waals surface area contributed by atoms with E-state index in [1.54, 1.807) is 36.4 Å². The van der Waals surface area contributed by atoms with Crippen molar-refractivity contribution in [3.8, 4) is 5.75 Å². The molecule has 2 rings (SSSR count). The number of aromatic hydroxyl groups is 1. The van der Waals surface area contributed by atoms with E-state index in [1.807, 2.05) is 6.07 Å². The van der Waals surface area contributed by atoms with Gasteiger partial charge in [0.25, 0.3) is 0 Å². The summed E-state index contributed by atoms with van der Waals surface area (Å²) in [6.45, 7) is 0.173. The summed E-state index contributed by atoms with van der Waals surface area (Å²) >= 11 is 0. The van der Waals surface area contributed by atoms with E-state index in [4.69, 9.17) is 22.3 Å². The van der Waals surface area contributed by atoms with Crippen LogP contribution in [0.4, 0.5) is 0 Å². The minimum absolute atomic E-state index is 0.0415. The summed E-state index contributed by atoms with van der Waals surface area (Å²) in [5.74, 6) is -2.75. The zero-order valence-electron chi connectivity index (χ0n) is 23.0. The number of carboxylic acids is 1. The third kappa shape index (κ3) is 12.0. The van der Waals surface area contributed by atoms with Gasteiger partial charge in [0.1, 0.15) is 17.8 Å². The molecule has 0 aliphatic heterocycles. The zero-order chi connectivity index (χ0) is 30.4. The van der Waals surface area contributed by atoms with E-state index in [1.165, 1.54) is 24.1 Å². The van der Waals surface area contributed by atoms with E-state index in [0.29, 0.717) is 6.42 Å². The van der Waals surface area contributed by atoms with Crippen LogP contribution in [0.1, 0.15) is 30.4 Å².